The van der Waals surface area contributed by atoms with Gasteiger partial charge in [0.2, 0.25) is 11.8 Å². The van der Waals surface area contributed by atoms with Crippen molar-refractivity contribution in [2.75, 3.05) is 0 Å². The number of benzene rings is 1. The molecule has 6 nitrogen and oxygen atoms in total. The second-order valence-electron chi connectivity index (χ2n) is 11.2. The van der Waals surface area contributed by atoms with Crippen molar-refractivity contribution in [3.05, 3.63) is 62.2 Å². The maximum absolute atomic E-state index is 13.9. The molecule has 192 valence electrons. The highest BCUT2D eigenvalue weighted by Crippen LogP contribution is 2.56. The summed E-state index contributed by atoms with van der Waals surface area (Å²) in [5, 5.41) is 10.4. The minimum absolute atomic E-state index is 0.0330. The molecule has 2 amide bonds. The third-order valence-electron chi connectivity index (χ3n) is 9.15. The first-order chi connectivity index (χ1) is 17.7. The molecule has 1 aliphatic heterocycles. The van der Waals surface area contributed by atoms with E-state index in [4.69, 9.17) is 0 Å². The largest absolute Gasteiger partial charge is 0.507 e. The summed E-state index contributed by atoms with van der Waals surface area (Å²) in [6.45, 7) is 3.64. The van der Waals surface area contributed by atoms with Gasteiger partial charge in [0.05, 0.1) is 16.3 Å². The Bertz CT molecular complexity index is 1340. The molecule has 37 heavy (non-hydrogen) atoms. The third kappa shape index (κ3) is 3.64. The Morgan fingerprint density at radius 1 is 0.946 bits per heavy atom. The molecule has 0 radical (unpaired) electrons. The van der Waals surface area contributed by atoms with E-state index in [2.05, 4.69) is 22.0 Å². The van der Waals surface area contributed by atoms with Crippen molar-refractivity contribution < 1.29 is 24.3 Å². The third-order valence-corrected chi connectivity index (χ3v) is 9.74. The number of phenols is 1. The molecule has 1 heterocycles. The van der Waals surface area contributed by atoms with E-state index in [0.29, 0.717) is 28.7 Å². The number of aromatic hydroxyl groups is 1. The van der Waals surface area contributed by atoms with Crippen LogP contribution in [-0.2, 0) is 19.2 Å². The van der Waals surface area contributed by atoms with Gasteiger partial charge in [-0.15, -0.1) is 0 Å². The zero-order chi connectivity index (χ0) is 26.2. The van der Waals surface area contributed by atoms with Gasteiger partial charge in [0.1, 0.15) is 5.75 Å². The van der Waals surface area contributed by atoms with Crippen LogP contribution in [0.15, 0.2) is 45.5 Å². The first-order valence-corrected chi connectivity index (χ1v) is 14.0. The fourth-order valence-corrected chi connectivity index (χ4v) is 7.91. The highest BCUT2D eigenvalue weighted by Gasteiger charge is 2.57. The highest BCUT2D eigenvalue weighted by atomic mass is 79.9. The molecule has 0 aromatic heterocycles. The lowest BCUT2D eigenvalue weighted by Crippen LogP contribution is -2.43. The minimum Gasteiger partial charge on any atom is -0.507 e. The first-order valence-electron chi connectivity index (χ1n) is 13.2. The van der Waals surface area contributed by atoms with Crippen molar-refractivity contribution in [1.82, 2.24) is 4.90 Å². The highest BCUT2D eigenvalue weighted by molar-refractivity contribution is 9.12. The number of likely N-dealkylation sites (tertiary alicyclic amines) is 1. The zero-order valence-corrected chi connectivity index (χ0v) is 22.6. The fraction of sp³-hybridized carbons (Fsp3) is 0.467. The average molecular weight is 564 g/mol. The zero-order valence-electron chi connectivity index (χ0n) is 21.1. The molecule has 0 unspecified atom stereocenters. The quantitative estimate of drug-likeness (QED) is 0.307. The number of amides is 2. The van der Waals surface area contributed by atoms with Crippen molar-refractivity contribution in [3.63, 3.8) is 0 Å². The molecule has 6 rings (SSSR count). The van der Waals surface area contributed by atoms with E-state index in [1.165, 1.54) is 6.08 Å². The van der Waals surface area contributed by atoms with Gasteiger partial charge in [-0.05, 0) is 78.1 Å². The molecule has 1 aromatic rings. The number of fused-ring (bicyclic) bond motifs is 3. The van der Waals surface area contributed by atoms with Crippen molar-refractivity contribution in [2.24, 2.45) is 17.8 Å². The predicted octanol–water partition coefficient (Wildman–Crippen LogP) is 5.10. The SMILES string of the molecule is Cc1cc([C@H]2C3=CC[C@@H]4C(=O)N(C5CCCCC5)C(=O)[C@@H]4[C@@H]3CC3=C2C(=O)C=C(Br)C3=O)cc(C)c1O. The number of imide groups is 1. The van der Waals surface area contributed by atoms with Crippen LogP contribution in [0.25, 0.3) is 0 Å². The number of nitrogens with zero attached hydrogens (tertiary/aromatic N) is 1. The van der Waals surface area contributed by atoms with E-state index < -0.39 is 17.8 Å². The number of phenolic OH excluding ortho intramolecular Hbond substituents is 1. The second kappa shape index (κ2) is 8.90. The van der Waals surface area contributed by atoms with E-state index in [1.54, 1.807) is 4.90 Å². The Balaban J connectivity index is 1.48. The van der Waals surface area contributed by atoms with Crippen LogP contribution in [0.2, 0.25) is 0 Å². The molecule has 7 heteroatoms. The van der Waals surface area contributed by atoms with Crippen LogP contribution in [-0.4, -0.2) is 39.4 Å². The number of rotatable bonds is 2. The Labute approximate surface area is 224 Å². The standard InChI is InChI=1S/C30H30BrNO5/c1-14-10-16(11-15(2)27(14)34)24-18-8-9-19-25(30(37)32(29(19)36)17-6-4-3-5-7-17)20(18)12-21-26(24)23(33)13-22(31)28(21)35/h8,10-11,13,17,19-20,24-25,34H,3-7,9,12H2,1-2H3/t19-,20+,24-,25-/m0/s1. The molecular formula is C30H30BrNO5. The van der Waals surface area contributed by atoms with Crippen LogP contribution < -0.4 is 0 Å². The summed E-state index contributed by atoms with van der Waals surface area (Å²) < 4.78 is 0.227. The van der Waals surface area contributed by atoms with Crippen LogP contribution in [0.3, 0.4) is 0 Å². The number of hydrogen-bond acceptors (Lipinski definition) is 5. The summed E-state index contributed by atoms with van der Waals surface area (Å²) in [5.74, 6) is -2.16. The van der Waals surface area contributed by atoms with Gasteiger partial charge >= 0.3 is 0 Å². The first kappa shape index (κ1) is 24.5. The van der Waals surface area contributed by atoms with Crippen LogP contribution >= 0.6 is 15.9 Å². The molecule has 1 aromatic carbocycles. The van der Waals surface area contributed by atoms with Crippen molar-refractivity contribution in [2.45, 2.75) is 70.8 Å². The normalized spacial score (nSPS) is 30.2. The smallest absolute Gasteiger partial charge is 0.233 e. The number of carbonyl (C=O) groups excluding carboxylic acids is 4. The number of aryl methyl sites for hydroxylation is 2. The molecule has 1 N–H and O–H groups in total. The Kier molecular flexibility index (Phi) is 5.90. The summed E-state index contributed by atoms with van der Waals surface area (Å²) in [6.07, 6.45) is 9.04. The molecule has 5 aliphatic rings. The molecule has 0 spiro atoms. The monoisotopic (exact) mass is 563 g/mol. The fourth-order valence-electron chi connectivity index (χ4n) is 7.47. The lowest BCUT2D eigenvalue weighted by molar-refractivity contribution is -0.143. The maximum Gasteiger partial charge on any atom is 0.233 e. The lowest BCUT2D eigenvalue weighted by atomic mass is 9.59. The molecule has 2 fully saturated rings. The van der Waals surface area contributed by atoms with E-state index in [0.717, 1.165) is 43.2 Å². The van der Waals surface area contributed by atoms with Crippen LogP contribution in [0, 0.1) is 31.6 Å². The van der Waals surface area contributed by atoms with Crippen LogP contribution in [0.1, 0.15) is 67.6 Å². The average Bonchev–Trinajstić information content (AvgIpc) is 3.14. The van der Waals surface area contributed by atoms with Crippen molar-refractivity contribution >= 4 is 39.3 Å². The summed E-state index contributed by atoms with van der Waals surface area (Å²) in [6, 6.07) is 3.71. The number of Topliss-reactive ketones (excluding diaryl/α,β-unsaturated/α-hetero) is 1. The van der Waals surface area contributed by atoms with Crippen molar-refractivity contribution in [1.29, 1.82) is 0 Å². The van der Waals surface area contributed by atoms with Gasteiger partial charge in [0, 0.05) is 29.2 Å². The van der Waals surface area contributed by atoms with Crippen LogP contribution in [0.5, 0.6) is 5.75 Å². The predicted molar refractivity (Wildman–Crippen MR) is 141 cm³/mol. The Hall–Kier alpha value is -2.80. The van der Waals surface area contributed by atoms with Gasteiger partial charge in [-0.25, -0.2) is 0 Å². The van der Waals surface area contributed by atoms with Gasteiger partial charge in [0.15, 0.2) is 11.6 Å². The molecular weight excluding hydrogens is 534 g/mol. The maximum atomic E-state index is 13.9. The number of allylic oxidation sites excluding steroid dienone is 6. The van der Waals surface area contributed by atoms with Gasteiger partial charge in [-0.3, -0.25) is 24.1 Å². The van der Waals surface area contributed by atoms with E-state index in [9.17, 15) is 24.3 Å². The molecule has 4 atom stereocenters. The molecule has 4 aliphatic carbocycles. The van der Waals surface area contributed by atoms with E-state index in [1.807, 2.05) is 26.0 Å². The summed E-state index contributed by atoms with van der Waals surface area (Å²) in [7, 11) is 0. The number of carbonyl (C=O) groups is 4. The molecule has 1 saturated carbocycles. The van der Waals surface area contributed by atoms with Gasteiger partial charge in [0.25, 0.3) is 0 Å². The van der Waals surface area contributed by atoms with Gasteiger partial charge in [-0.1, -0.05) is 43.0 Å². The number of halogens is 1. The Morgan fingerprint density at radius 3 is 2.30 bits per heavy atom. The number of ketones is 2. The van der Waals surface area contributed by atoms with E-state index in [-0.39, 0.29) is 52.0 Å². The minimum atomic E-state index is -0.516. The topological polar surface area (TPSA) is 91.8 Å². The van der Waals surface area contributed by atoms with E-state index >= 15 is 0 Å². The van der Waals surface area contributed by atoms with Crippen molar-refractivity contribution in [3.8, 4) is 5.75 Å². The summed E-state index contributed by atoms with van der Waals surface area (Å²) in [5.41, 5.74) is 4.05. The molecule has 0 bridgehead atoms. The summed E-state index contributed by atoms with van der Waals surface area (Å²) in [4.78, 5) is 55.7. The molecule has 1 saturated heterocycles. The van der Waals surface area contributed by atoms with Gasteiger partial charge in [-0.2, -0.15) is 0 Å². The second-order valence-corrected chi connectivity index (χ2v) is 12.1. The number of hydrogen-bond donors (Lipinski definition) is 1. The summed E-state index contributed by atoms with van der Waals surface area (Å²) >= 11 is 3.27. The van der Waals surface area contributed by atoms with Crippen LogP contribution in [0.4, 0.5) is 0 Å². The van der Waals surface area contributed by atoms with Gasteiger partial charge < -0.3 is 5.11 Å². The lowest BCUT2D eigenvalue weighted by Gasteiger charge is -2.42. The Morgan fingerprint density at radius 2 is 1.62 bits per heavy atom.